The van der Waals surface area contributed by atoms with Gasteiger partial charge in [-0.15, -0.1) is 0 Å². The van der Waals surface area contributed by atoms with Crippen LogP contribution in [0.25, 0.3) is 0 Å². The summed E-state index contributed by atoms with van der Waals surface area (Å²) in [5.41, 5.74) is 1.41. The third kappa shape index (κ3) is 5.18. The van der Waals surface area contributed by atoms with E-state index in [1.807, 2.05) is 31.1 Å². The molecule has 0 saturated heterocycles. The van der Waals surface area contributed by atoms with E-state index < -0.39 is 10.0 Å². The first kappa shape index (κ1) is 20.7. The molecule has 146 valence electrons. The van der Waals surface area contributed by atoms with Crippen molar-refractivity contribution in [3.8, 4) is 0 Å². The summed E-state index contributed by atoms with van der Waals surface area (Å²) in [6.45, 7) is 0.410. The van der Waals surface area contributed by atoms with Gasteiger partial charge in [-0.2, -0.15) is 0 Å². The molecular weight excluding hydrogens is 366 g/mol. The molecule has 0 unspecified atom stereocenters. The van der Waals surface area contributed by atoms with Gasteiger partial charge < -0.3 is 15.5 Å². The summed E-state index contributed by atoms with van der Waals surface area (Å²) in [5, 5.41) is 5.47. The van der Waals surface area contributed by atoms with Crippen molar-refractivity contribution in [2.45, 2.75) is 18.0 Å². The molecule has 0 aliphatic rings. The van der Waals surface area contributed by atoms with E-state index >= 15 is 0 Å². The summed E-state index contributed by atoms with van der Waals surface area (Å²) in [7, 11) is 3.14. The quantitative estimate of drug-likeness (QED) is 0.744. The van der Waals surface area contributed by atoms with E-state index in [4.69, 9.17) is 0 Å². The highest BCUT2D eigenvalue weighted by molar-refractivity contribution is 7.89. The van der Waals surface area contributed by atoms with Gasteiger partial charge in [0.15, 0.2) is 0 Å². The number of hydrogen-bond acceptors (Lipinski definition) is 5. The Labute approximate surface area is 160 Å². The minimum Gasteiger partial charge on any atom is -0.362 e. The molecule has 2 aromatic rings. The van der Waals surface area contributed by atoms with E-state index in [0.29, 0.717) is 12.1 Å². The largest absolute Gasteiger partial charge is 0.362 e. The molecule has 1 aromatic heterocycles. The summed E-state index contributed by atoms with van der Waals surface area (Å²) in [5.74, 6) is 0.778. The maximum Gasteiger partial charge on any atom is 0.315 e. The number of pyridine rings is 1. The first-order valence-corrected chi connectivity index (χ1v) is 9.81. The van der Waals surface area contributed by atoms with Crippen molar-refractivity contribution < 1.29 is 13.2 Å². The van der Waals surface area contributed by atoms with Crippen molar-refractivity contribution in [3.63, 3.8) is 0 Å². The zero-order chi connectivity index (χ0) is 20.0. The number of amides is 2. The zero-order valence-electron chi connectivity index (χ0n) is 15.9. The van der Waals surface area contributed by atoms with Gasteiger partial charge in [-0.25, -0.2) is 22.5 Å². The minimum absolute atomic E-state index is 0.0999. The van der Waals surface area contributed by atoms with E-state index in [1.165, 1.54) is 20.2 Å². The lowest BCUT2D eigenvalue weighted by molar-refractivity contribution is 0.240. The first-order valence-electron chi connectivity index (χ1n) is 8.37. The van der Waals surface area contributed by atoms with Crippen LogP contribution < -0.4 is 15.5 Å². The van der Waals surface area contributed by atoms with Crippen LogP contribution in [0.5, 0.6) is 0 Å². The van der Waals surface area contributed by atoms with Crippen molar-refractivity contribution in [1.29, 1.82) is 0 Å². The number of carbonyl (C=O) groups is 1. The van der Waals surface area contributed by atoms with Crippen LogP contribution in [0.3, 0.4) is 0 Å². The molecule has 0 atom stereocenters. The van der Waals surface area contributed by atoms with Gasteiger partial charge in [0, 0.05) is 53.0 Å². The van der Waals surface area contributed by atoms with E-state index in [9.17, 15) is 13.2 Å². The van der Waals surface area contributed by atoms with Crippen molar-refractivity contribution in [2.24, 2.45) is 0 Å². The van der Waals surface area contributed by atoms with Gasteiger partial charge in [0.1, 0.15) is 5.82 Å². The Bertz CT molecular complexity index is 897. The van der Waals surface area contributed by atoms with Crippen LogP contribution in [0.4, 0.5) is 10.6 Å². The number of hydrogen-bond donors (Lipinski definition) is 2. The SMILES string of the molecule is CN(C)c1ncccc1CNC(=O)NCc1ccccc1S(=O)(=O)N(C)C. The Morgan fingerprint density at radius 3 is 2.19 bits per heavy atom. The summed E-state index contributed by atoms with van der Waals surface area (Å²) in [6, 6.07) is 9.92. The molecule has 0 fully saturated rings. The van der Waals surface area contributed by atoms with Crippen molar-refractivity contribution in [3.05, 3.63) is 53.7 Å². The number of sulfonamides is 1. The fourth-order valence-corrected chi connectivity index (χ4v) is 3.60. The molecule has 1 aromatic carbocycles. The molecule has 8 nitrogen and oxygen atoms in total. The van der Waals surface area contributed by atoms with Gasteiger partial charge in [-0.05, 0) is 17.7 Å². The Kier molecular flexibility index (Phi) is 6.75. The third-order valence-electron chi connectivity index (χ3n) is 3.90. The van der Waals surface area contributed by atoms with Gasteiger partial charge in [-0.1, -0.05) is 24.3 Å². The molecule has 1 heterocycles. The van der Waals surface area contributed by atoms with Crippen LogP contribution in [0.1, 0.15) is 11.1 Å². The molecule has 27 heavy (non-hydrogen) atoms. The molecule has 2 N–H and O–H groups in total. The molecule has 0 spiro atoms. The molecule has 0 aliphatic heterocycles. The van der Waals surface area contributed by atoms with Gasteiger partial charge in [-0.3, -0.25) is 0 Å². The number of carbonyl (C=O) groups excluding carboxylic acids is 1. The van der Waals surface area contributed by atoms with Crippen molar-refractivity contribution >= 4 is 21.9 Å². The molecule has 0 aliphatic carbocycles. The summed E-state index contributed by atoms with van der Waals surface area (Å²) >= 11 is 0. The second-order valence-electron chi connectivity index (χ2n) is 6.31. The van der Waals surface area contributed by atoms with Crippen molar-refractivity contribution in [2.75, 3.05) is 33.1 Å². The summed E-state index contributed by atoms with van der Waals surface area (Å²) in [4.78, 5) is 18.5. The standard InChI is InChI=1S/C18H25N5O3S/c1-22(2)17-15(9-7-11-19-17)13-21-18(24)20-12-14-8-5-6-10-16(14)27(25,26)23(3)4/h5-11H,12-13H2,1-4H3,(H2,20,21,24). The Balaban J connectivity index is 2.02. The lowest BCUT2D eigenvalue weighted by Gasteiger charge is -2.17. The highest BCUT2D eigenvalue weighted by Crippen LogP contribution is 2.18. The fourth-order valence-electron chi connectivity index (χ4n) is 2.48. The van der Waals surface area contributed by atoms with E-state index in [0.717, 1.165) is 15.7 Å². The number of anilines is 1. The molecule has 2 rings (SSSR count). The van der Waals surface area contributed by atoms with Crippen LogP contribution in [-0.4, -0.2) is 51.9 Å². The maximum atomic E-state index is 12.4. The number of aromatic nitrogens is 1. The fraction of sp³-hybridized carbons (Fsp3) is 0.333. The lowest BCUT2D eigenvalue weighted by Crippen LogP contribution is -2.35. The van der Waals surface area contributed by atoms with Crippen LogP contribution in [0.15, 0.2) is 47.5 Å². The predicted molar refractivity (Wildman–Crippen MR) is 105 cm³/mol. The average molecular weight is 391 g/mol. The molecule has 0 saturated carbocycles. The Morgan fingerprint density at radius 1 is 0.963 bits per heavy atom. The van der Waals surface area contributed by atoms with Crippen LogP contribution in [-0.2, 0) is 23.1 Å². The monoisotopic (exact) mass is 391 g/mol. The van der Waals surface area contributed by atoms with Gasteiger partial charge in [0.05, 0.1) is 4.90 Å². The van der Waals surface area contributed by atoms with E-state index in [1.54, 1.807) is 24.4 Å². The average Bonchev–Trinajstić information content (AvgIpc) is 2.64. The normalized spacial score (nSPS) is 11.3. The topological polar surface area (TPSA) is 94.6 Å². The van der Waals surface area contributed by atoms with Gasteiger partial charge >= 0.3 is 6.03 Å². The van der Waals surface area contributed by atoms with E-state index in [-0.39, 0.29) is 17.5 Å². The predicted octanol–water partition coefficient (Wildman–Crippen LogP) is 1.40. The number of nitrogens with one attached hydrogen (secondary N) is 2. The second kappa shape index (κ2) is 8.83. The lowest BCUT2D eigenvalue weighted by atomic mass is 10.2. The van der Waals surface area contributed by atoms with Gasteiger partial charge in [0.2, 0.25) is 10.0 Å². The van der Waals surface area contributed by atoms with Crippen molar-refractivity contribution in [1.82, 2.24) is 19.9 Å². The number of nitrogens with zero attached hydrogens (tertiary/aromatic N) is 3. The highest BCUT2D eigenvalue weighted by atomic mass is 32.2. The van der Waals surface area contributed by atoms with Gasteiger partial charge in [0.25, 0.3) is 0 Å². The highest BCUT2D eigenvalue weighted by Gasteiger charge is 2.20. The summed E-state index contributed by atoms with van der Waals surface area (Å²) in [6.07, 6.45) is 1.70. The van der Waals surface area contributed by atoms with Crippen LogP contribution in [0, 0.1) is 0 Å². The number of urea groups is 1. The Hall–Kier alpha value is -2.65. The first-order chi connectivity index (χ1) is 12.7. The molecule has 0 radical (unpaired) electrons. The Morgan fingerprint density at radius 2 is 1.56 bits per heavy atom. The molecule has 9 heteroatoms. The van der Waals surface area contributed by atoms with Crippen LogP contribution in [0.2, 0.25) is 0 Å². The summed E-state index contributed by atoms with van der Waals surface area (Å²) < 4.78 is 25.9. The zero-order valence-corrected chi connectivity index (χ0v) is 16.7. The third-order valence-corrected chi connectivity index (χ3v) is 5.82. The smallest absolute Gasteiger partial charge is 0.315 e. The molecule has 2 amide bonds. The second-order valence-corrected chi connectivity index (χ2v) is 8.43. The number of benzene rings is 1. The molecular formula is C18H25N5O3S. The van der Waals surface area contributed by atoms with Crippen LogP contribution >= 0.6 is 0 Å². The number of rotatable bonds is 7. The maximum absolute atomic E-state index is 12.4. The molecule has 0 bridgehead atoms. The minimum atomic E-state index is -3.58. The van der Waals surface area contributed by atoms with E-state index in [2.05, 4.69) is 15.6 Å².